The number of benzene rings is 1. The number of hydrogen-bond acceptors (Lipinski definition) is 3. The van der Waals surface area contributed by atoms with E-state index in [-0.39, 0.29) is 0 Å². The minimum absolute atomic E-state index is 0.716. The van der Waals surface area contributed by atoms with Crippen LogP contribution in [0.5, 0.6) is 5.75 Å². The van der Waals surface area contributed by atoms with Gasteiger partial charge in [-0.1, -0.05) is 30.4 Å². The Hall–Kier alpha value is -1.32. The van der Waals surface area contributed by atoms with Crippen LogP contribution in [0.25, 0.3) is 6.08 Å². The van der Waals surface area contributed by atoms with Crippen LogP contribution in [0.3, 0.4) is 0 Å². The topological polar surface area (TPSA) is 15.7 Å². The minimum Gasteiger partial charge on any atom is -0.496 e. The predicted molar refractivity (Wildman–Crippen MR) is 85.2 cm³/mol. The predicted octanol–water partition coefficient (Wildman–Crippen LogP) is 2.73. The molecule has 0 aromatic heterocycles. The molecule has 1 aliphatic rings. The van der Waals surface area contributed by atoms with E-state index in [1.54, 1.807) is 7.11 Å². The molecule has 0 unspecified atom stereocenters. The van der Waals surface area contributed by atoms with Crippen molar-refractivity contribution in [1.29, 1.82) is 0 Å². The van der Waals surface area contributed by atoms with Crippen molar-refractivity contribution in [3.8, 4) is 5.75 Å². The summed E-state index contributed by atoms with van der Waals surface area (Å²) in [4.78, 5) is 4.87. The van der Waals surface area contributed by atoms with Gasteiger partial charge in [0.15, 0.2) is 0 Å². The molecule has 1 heterocycles. The Morgan fingerprint density at radius 1 is 1.30 bits per heavy atom. The molecule has 1 aliphatic heterocycles. The molecule has 2 rings (SSSR count). The van der Waals surface area contributed by atoms with E-state index in [2.05, 4.69) is 42.1 Å². The van der Waals surface area contributed by atoms with Gasteiger partial charge in [-0.2, -0.15) is 0 Å². The highest BCUT2D eigenvalue weighted by molar-refractivity contribution is 5.57. The Bertz CT molecular complexity index is 436. The first-order valence-corrected chi connectivity index (χ1v) is 7.39. The third kappa shape index (κ3) is 4.09. The van der Waals surface area contributed by atoms with Crippen LogP contribution in [0.15, 0.2) is 30.3 Å². The molecule has 0 aliphatic carbocycles. The highest BCUT2D eigenvalue weighted by Crippen LogP contribution is 2.19. The Morgan fingerprint density at radius 2 is 2.00 bits per heavy atom. The van der Waals surface area contributed by atoms with Crippen LogP contribution >= 0.6 is 0 Å². The third-order valence-corrected chi connectivity index (χ3v) is 4.14. The summed E-state index contributed by atoms with van der Waals surface area (Å²) in [5.41, 5.74) is 1.15. The average molecular weight is 274 g/mol. The molecule has 0 atom stereocenters. The number of methoxy groups -OCH3 is 1. The number of nitrogens with zero attached hydrogens (tertiary/aromatic N) is 2. The summed E-state index contributed by atoms with van der Waals surface area (Å²) < 4.78 is 5.36. The maximum Gasteiger partial charge on any atom is 0.126 e. The zero-order valence-electron chi connectivity index (χ0n) is 12.9. The molecule has 3 heteroatoms. The van der Waals surface area contributed by atoms with Crippen LogP contribution in [0, 0.1) is 0 Å². The fourth-order valence-electron chi connectivity index (χ4n) is 2.73. The molecule has 0 N–H and O–H groups in total. The molecule has 0 radical (unpaired) electrons. The third-order valence-electron chi connectivity index (χ3n) is 4.14. The van der Waals surface area contributed by atoms with Crippen molar-refractivity contribution in [2.45, 2.75) is 18.9 Å². The van der Waals surface area contributed by atoms with E-state index in [9.17, 15) is 0 Å². The maximum atomic E-state index is 5.36. The van der Waals surface area contributed by atoms with Crippen molar-refractivity contribution in [2.24, 2.45) is 0 Å². The van der Waals surface area contributed by atoms with Crippen molar-refractivity contribution in [1.82, 2.24) is 9.80 Å². The zero-order chi connectivity index (χ0) is 14.4. The summed E-state index contributed by atoms with van der Waals surface area (Å²) >= 11 is 0. The van der Waals surface area contributed by atoms with Gasteiger partial charge >= 0.3 is 0 Å². The van der Waals surface area contributed by atoms with Gasteiger partial charge < -0.3 is 9.64 Å². The van der Waals surface area contributed by atoms with Gasteiger partial charge in [0.25, 0.3) is 0 Å². The molecule has 20 heavy (non-hydrogen) atoms. The Kier molecular flexibility index (Phi) is 5.62. The summed E-state index contributed by atoms with van der Waals surface area (Å²) in [5.74, 6) is 0.936. The molecular weight excluding hydrogens is 248 g/mol. The molecular formula is C17H26N2O. The van der Waals surface area contributed by atoms with Gasteiger partial charge in [-0.05, 0) is 46.1 Å². The first-order chi connectivity index (χ1) is 9.70. The zero-order valence-corrected chi connectivity index (χ0v) is 12.9. The highest BCUT2D eigenvalue weighted by Gasteiger charge is 2.19. The van der Waals surface area contributed by atoms with Crippen LogP contribution in [0.1, 0.15) is 18.4 Å². The Morgan fingerprint density at radius 3 is 2.70 bits per heavy atom. The molecule has 0 bridgehead atoms. The summed E-state index contributed by atoms with van der Waals surface area (Å²) in [7, 11) is 6.15. The first-order valence-electron chi connectivity index (χ1n) is 7.39. The smallest absolute Gasteiger partial charge is 0.126 e. The lowest BCUT2D eigenvalue weighted by molar-refractivity contribution is 0.155. The van der Waals surface area contributed by atoms with Crippen LogP contribution in [0.2, 0.25) is 0 Å². The molecule has 110 valence electrons. The van der Waals surface area contributed by atoms with E-state index in [1.165, 1.54) is 25.9 Å². The Balaban J connectivity index is 1.86. The van der Waals surface area contributed by atoms with E-state index in [0.29, 0.717) is 6.04 Å². The number of para-hydroxylation sites is 1. The fraction of sp³-hybridized carbons (Fsp3) is 0.529. The van der Waals surface area contributed by atoms with E-state index in [0.717, 1.165) is 17.9 Å². The van der Waals surface area contributed by atoms with Gasteiger partial charge in [-0.25, -0.2) is 0 Å². The molecule has 1 saturated heterocycles. The fourth-order valence-corrected chi connectivity index (χ4v) is 2.73. The van der Waals surface area contributed by atoms with Gasteiger partial charge in [-0.3, -0.25) is 4.90 Å². The van der Waals surface area contributed by atoms with Crippen LogP contribution in [0.4, 0.5) is 0 Å². The normalized spacial score (nSPS) is 18.0. The molecule has 0 spiro atoms. The number of likely N-dealkylation sites (N-methyl/N-ethyl adjacent to an activating group) is 1. The molecule has 1 aromatic rings. The standard InChI is InChI=1S/C17H26N2O/c1-18-13-10-16(11-14-18)19(2)12-6-8-15-7-4-5-9-17(15)20-3/h4-9,16H,10-14H2,1-3H3. The van der Waals surface area contributed by atoms with Crippen LogP contribution in [-0.2, 0) is 0 Å². The van der Waals surface area contributed by atoms with Crippen molar-refractivity contribution in [3.05, 3.63) is 35.9 Å². The first kappa shape index (κ1) is 15.1. The summed E-state index contributed by atoms with van der Waals surface area (Å²) in [5, 5.41) is 0. The van der Waals surface area contributed by atoms with Gasteiger partial charge in [-0.15, -0.1) is 0 Å². The Labute approximate surface area is 122 Å². The number of rotatable bonds is 5. The van der Waals surface area contributed by atoms with Crippen molar-refractivity contribution < 1.29 is 4.74 Å². The van der Waals surface area contributed by atoms with Crippen molar-refractivity contribution in [2.75, 3.05) is 40.8 Å². The molecule has 3 nitrogen and oxygen atoms in total. The van der Waals surface area contributed by atoms with Crippen molar-refractivity contribution >= 4 is 6.08 Å². The second-order valence-corrected chi connectivity index (χ2v) is 5.62. The second-order valence-electron chi connectivity index (χ2n) is 5.62. The van der Waals surface area contributed by atoms with Gasteiger partial charge in [0.05, 0.1) is 7.11 Å². The van der Waals surface area contributed by atoms with E-state index >= 15 is 0 Å². The second kappa shape index (κ2) is 7.46. The lowest BCUT2D eigenvalue weighted by Crippen LogP contribution is -2.41. The van der Waals surface area contributed by atoms with Crippen LogP contribution in [-0.4, -0.2) is 56.7 Å². The molecule has 0 amide bonds. The lowest BCUT2D eigenvalue weighted by Gasteiger charge is -2.34. The summed E-state index contributed by atoms with van der Waals surface area (Å²) in [6.45, 7) is 3.42. The monoisotopic (exact) mass is 274 g/mol. The highest BCUT2D eigenvalue weighted by atomic mass is 16.5. The largest absolute Gasteiger partial charge is 0.496 e. The number of hydrogen-bond donors (Lipinski definition) is 0. The molecule has 0 saturated carbocycles. The lowest BCUT2D eigenvalue weighted by atomic mass is 10.0. The van der Waals surface area contributed by atoms with Crippen molar-refractivity contribution in [3.63, 3.8) is 0 Å². The average Bonchev–Trinajstić information content (AvgIpc) is 2.48. The maximum absolute atomic E-state index is 5.36. The quantitative estimate of drug-likeness (QED) is 0.821. The van der Waals surface area contributed by atoms with E-state index in [1.807, 2.05) is 18.2 Å². The van der Waals surface area contributed by atoms with E-state index < -0.39 is 0 Å². The van der Waals surface area contributed by atoms with Gasteiger partial charge in [0, 0.05) is 18.2 Å². The van der Waals surface area contributed by atoms with E-state index in [4.69, 9.17) is 4.74 Å². The van der Waals surface area contributed by atoms with Gasteiger partial charge in [0.2, 0.25) is 0 Å². The summed E-state index contributed by atoms with van der Waals surface area (Å²) in [6, 6.07) is 8.85. The SMILES string of the molecule is COc1ccccc1C=CCN(C)C1CCN(C)CC1. The number of ether oxygens (including phenoxy) is 1. The van der Waals surface area contributed by atoms with Crippen LogP contribution < -0.4 is 4.74 Å². The molecule has 1 aromatic carbocycles. The number of likely N-dealkylation sites (tertiary alicyclic amines) is 1. The minimum atomic E-state index is 0.716. The number of piperidine rings is 1. The molecule has 1 fully saturated rings. The van der Waals surface area contributed by atoms with Gasteiger partial charge in [0.1, 0.15) is 5.75 Å². The summed E-state index contributed by atoms with van der Waals surface area (Å²) in [6.07, 6.45) is 6.94.